The molecule has 0 bridgehead atoms. The molecule has 0 unspecified atom stereocenters. The Balaban J connectivity index is 0.000000281. The molecule has 206 valence electrons. The van der Waals surface area contributed by atoms with E-state index in [0.717, 1.165) is 56.3 Å². The maximum atomic E-state index is 10.2. The van der Waals surface area contributed by atoms with Gasteiger partial charge < -0.3 is 10.2 Å². The van der Waals surface area contributed by atoms with Gasteiger partial charge in [-0.3, -0.25) is 19.5 Å². The topological polar surface area (TPSA) is 116 Å². The smallest absolute Gasteiger partial charge is 0.230 e. The molecule has 1 aliphatic rings. The van der Waals surface area contributed by atoms with Crippen molar-refractivity contribution in [3.8, 4) is 0 Å². The number of carbonyl (C=O) groups excluding carboxylic acids is 2. The van der Waals surface area contributed by atoms with Gasteiger partial charge in [0.15, 0.2) is 6.29 Å². The molecule has 10 nitrogen and oxygen atoms in total. The van der Waals surface area contributed by atoms with Crippen molar-refractivity contribution in [3.05, 3.63) is 64.9 Å². The molecule has 2 heterocycles. The van der Waals surface area contributed by atoms with Crippen LogP contribution in [0, 0.1) is 6.92 Å². The summed E-state index contributed by atoms with van der Waals surface area (Å²) >= 11 is 8.02. The van der Waals surface area contributed by atoms with Gasteiger partial charge in [0, 0.05) is 61.1 Å². The second-order valence-electron chi connectivity index (χ2n) is 8.39. The summed E-state index contributed by atoms with van der Waals surface area (Å²) in [5.74, 6) is 0. The van der Waals surface area contributed by atoms with Gasteiger partial charge in [-0.05, 0) is 73.3 Å². The minimum absolute atomic E-state index is 0.181. The minimum Gasteiger partial charge on any atom is -0.388 e. The predicted molar refractivity (Wildman–Crippen MR) is 153 cm³/mol. The number of hydrogen-bond donors (Lipinski definition) is 3. The Bertz CT molecular complexity index is 1090. The largest absolute Gasteiger partial charge is 0.388 e. The van der Waals surface area contributed by atoms with Crippen LogP contribution < -0.4 is 15.7 Å². The quantitative estimate of drug-likeness (QED) is 0.150. The lowest BCUT2D eigenvalue weighted by atomic mass is 10.2. The number of nitrogens with zero attached hydrogens (tertiary/aromatic N) is 5. The zero-order chi connectivity index (χ0) is 27.8. The van der Waals surface area contributed by atoms with Gasteiger partial charge in [-0.2, -0.15) is 0 Å². The number of aryl methyl sites for hydroxylation is 2. The average molecular weight is 562 g/mol. The van der Waals surface area contributed by atoms with Crippen molar-refractivity contribution in [2.24, 2.45) is 0 Å². The van der Waals surface area contributed by atoms with E-state index in [1.165, 1.54) is 21.6 Å². The lowest BCUT2D eigenvalue weighted by Crippen LogP contribution is -2.43. The van der Waals surface area contributed by atoms with Crippen molar-refractivity contribution in [1.29, 1.82) is 0 Å². The van der Waals surface area contributed by atoms with Crippen LogP contribution in [0.2, 0.25) is 5.02 Å². The number of aromatic nitrogens is 3. The lowest BCUT2D eigenvalue weighted by molar-refractivity contribution is -0.116. The van der Waals surface area contributed by atoms with Crippen LogP contribution in [0.15, 0.2) is 53.6 Å². The maximum absolute atomic E-state index is 10.2. The van der Waals surface area contributed by atoms with Crippen molar-refractivity contribution in [2.75, 3.05) is 43.4 Å². The number of anilines is 2. The first-order valence-electron chi connectivity index (χ1n) is 12.3. The Morgan fingerprint density at radius 3 is 2.32 bits per heavy atom. The van der Waals surface area contributed by atoms with E-state index < -0.39 is 0 Å². The molecule has 38 heavy (non-hydrogen) atoms. The van der Waals surface area contributed by atoms with E-state index in [-0.39, 0.29) is 6.41 Å². The number of nitrogens with one attached hydrogen (secondary N) is 2. The fraction of sp³-hybridized carbons (Fsp3) is 0.385. The van der Waals surface area contributed by atoms with Crippen molar-refractivity contribution in [1.82, 2.24) is 24.8 Å². The van der Waals surface area contributed by atoms with Crippen LogP contribution >= 0.6 is 23.5 Å². The number of benzene rings is 2. The first-order chi connectivity index (χ1) is 18.4. The number of unbranched alkanes of at least 4 members (excludes halogenated alkanes) is 1. The highest BCUT2D eigenvalue weighted by molar-refractivity contribution is 7.97. The lowest BCUT2D eigenvalue weighted by Gasteiger charge is -2.35. The van der Waals surface area contributed by atoms with Gasteiger partial charge in [0.05, 0.1) is 6.20 Å². The standard InChI is InChI=1S/C18H22ClN3S.C7H11N3O.CH3NO2/c1-14-11-15(19)13-17(12-14)21-7-9-22(10-8-21)23-18-5-3-16(20-2)4-6-18;1-2-3-4-10-5-7(6-11)8-9-10;3-1-2-4/h3-6,11-13,20H,7-10H2,1-2H3;5-6H,2-4H2,1H3;1,4H,(H,2,3). The zero-order valence-electron chi connectivity index (χ0n) is 22.0. The van der Waals surface area contributed by atoms with E-state index in [4.69, 9.17) is 21.6 Å². The molecule has 1 aromatic heterocycles. The van der Waals surface area contributed by atoms with Crippen molar-refractivity contribution < 1.29 is 14.8 Å². The molecule has 0 aliphatic carbocycles. The number of amides is 1. The Hall–Kier alpha value is -3.12. The highest BCUT2D eigenvalue weighted by Crippen LogP contribution is 2.28. The van der Waals surface area contributed by atoms with Crippen molar-refractivity contribution in [2.45, 2.75) is 38.1 Å². The molecule has 3 aromatic rings. The predicted octanol–water partition coefficient (Wildman–Crippen LogP) is 4.53. The molecule has 1 aliphatic heterocycles. The van der Waals surface area contributed by atoms with Crippen LogP contribution in [0.5, 0.6) is 0 Å². The van der Waals surface area contributed by atoms with Gasteiger partial charge in [-0.25, -0.2) is 9.79 Å². The molecular formula is C26H36ClN7O3S. The Morgan fingerprint density at radius 1 is 1.11 bits per heavy atom. The molecule has 0 atom stereocenters. The van der Waals surface area contributed by atoms with Gasteiger partial charge in [0.2, 0.25) is 6.41 Å². The molecular weight excluding hydrogens is 526 g/mol. The number of carbonyl (C=O) groups is 2. The summed E-state index contributed by atoms with van der Waals surface area (Å²) in [6.45, 7) is 9.20. The maximum Gasteiger partial charge on any atom is 0.230 e. The van der Waals surface area contributed by atoms with Gasteiger partial charge in [0.1, 0.15) is 5.69 Å². The number of hydrogen-bond acceptors (Lipinski definition) is 9. The molecule has 1 saturated heterocycles. The zero-order valence-corrected chi connectivity index (χ0v) is 23.6. The third kappa shape index (κ3) is 11.1. The highest BCUT2D eigenvalue weighted by Gasteiger charge is 2.18. The summed E-state index contributed by atoms with van der Waals surface area (Å²) in [4.78, 5) is 22.7. The Morgan fingerprint density at radius 2 is 1.79 bits per heavy atom. The molecule has 0 spiro atoms. The molecule has 0 saturated carbocycles. The molecule has 12 heteroatoms. The van der Waals surface area contributed by atoms with Crippen LogP contribution in [0.25, 0.3) is 0 Å². The Labute approximate surface area is 233 Å². The number of piperazine rings is 1. The molecule has 1 fully saturated rings. The van der Waals surface area contributed by atoms with Crippen LogP contribution in [-0.2, 0) is 11.3 Å². The monoisotopic (exact) mass is 561 g/mol. The van der Waals surface area contributed by atoms with Crippen LogP contribution in [0.1, 0.15) is 35.8 Å². The van der Waals surface area contributed by atoms with E-state index in [9.17, 15) is 4.79 Å². The number of aldehydes is 1. The first-order valence-corrected chi connectivity index (χ1v) is 13.5. The van der Waals surface area contributed by atoms with E-state index >= 15 is 0 Å². The molecule has 1 amide bonds. The third-order valence-electron chi connectivity index (χ3n) is 5.48. The van der Waals surface area contributed by atoms with E-state index in [1.54, 1.807) is 10.9 Å². The van der Waals surface area contributed by atoms with Gasteiger partial charge in [0.25, 0.3) is 0 Å². The van der Waals surface area contributed by atoms with Crippen LogP contribution in [0.4, 0.5) is 11.4 Å². The highest BCUT2D eigenvalue weighted by atomic mass is 35.5. The fourth-order valence-electron chi connectivity index (χ4n) is 3.57. The van der Waals surface area contributed by atoms with E-state index in [2.05, 4.69) is 75.1 Å². The molecule has 3 N–H and O–H groups in total. The van der Waals surface area contributed by atoms with Crippen molar-refractivity contribution >= 4 is 47.6 Å². The van der Waals surface area contributed by atoms with Gasteiger partial charge in [-0.1, -0.05) is 30.2 Å². The summed E-state index contributed by atoms with van der Waals surface area (Å²) < 4.78 is 4.12. The minimum atomic E-state index is 0.181. The summed E-state index contributed by atoms with van der Waals surface area (Å²) in [6, 6.07) is 14.9. The van der Waals surface area contributed by atoms with E-state index in [0.29, 0.717) is 12.0 Å². The molecule has 2 aromatic carbocycles. The summed E-state index contributed by atoms with van der Waals surface area (Å²) in [5.41, 5.74) is 5.25. The third-order valence-corrected chi connectivity index (χ3v) is 6.80. The summed E-state index contributed by atoms with van der Waals surface area (Å²) in [7, 11) is 1.94. The second kappa shape index (κ2) is 17.4. The van der Waals surface area contributed by atoms with Crippen molar-refractivity contribution in [3.63, 3.8) is 0 Å². The fourth-order valence-corrected chi connectivity index (χ4v) is 4.75. The number of hydroxylamine groups is 1. The summed E-state index contributed by atoms with van der Waals surface area (Å²) in [5, 5.41) is 18.6. The molecule has 4 rings (SSSR count). The summed E-state index contributed by atoms with van der Waals surface area (Å²) in [6.07, 6.45) is 4.73. The second-order valence-corrected chi connectivity index (χ2v) is 10.0. The number of halogens is 1. The average Bonchev–Trinajstić information content (AvgIpc) is 3.41. The first kappa shape index (κ1) is 31.1. The number of rotatable bonds is 9. The van der Waals surface area contributed by atoms with Crippen LogP contribution in [0.3, 0.4) is 0 Å². The van der Waals surface area contributed by atoms with Crippen LogP contribution in [-0.4, -0.2) is 70.4 Å². The van der Waals surface area contributed by atoms with Gasteiger partial charge in [-0.15, -0.1) is 5.10 Å². The Kier molecular flexibility index (Phi) is 14.2. The SMILES string of the molecule is CCCCn1cc(C=O)nn1.CNc1ccc(SN2CCN(c3cc(C)cc(Cl)c3)CC2)cc1.O=CNO. The van der Waals surface area contributed by atoms with E-state index in [1.807, 2.05) is 25.1 Å². The molecule has 0 radical (unpaired) electrons. The normalized spacial score (nSPS) is 12.9. The van der Waals surface area contributed by atoms with Gasteiger partial charge >= 0.3 is 0 Å².